The molecule has 0 saturated heterocycles. The highest BCUT2D eigenvalue weighted by atomic mass is 31.2. The van der Waals surface area contributed by atoms with E-state index in [1.165, 1.54) is 20.8 Å². The van der Waals surface area contributed by atoms with Gasteiger partial charge in [0, 0.05) is 6.07 Å². The van der Waals surface area contributed by atoms with E-state index in [9.17, 15) is 38.1 Å². The number of hydrogen-bond acceptors (Lipinski definition) is 7. The van der Waals surface area contributed by atoms with Crippen LogP contribution in [-0.2, 0) is 29.7 Å². The predicted octanol–water partition coefficient (Wildman–Crippen LogP) is 0.0538. The van der Waals surface area contributed by atoms with Crippen LogP contribution in [0.15, 0.2) is 24.5 Å². The van der Waals surface area contributed by atoms with E-state index in [4.69, 9.17) is 0 Å². The number of halogens is 1. The van der Waals surface area contributed by atoms with Crippen LogP contribution in [0.5, 0.6) is 0 Å². The third-order valence-electron chi connectivity index (χ3n) is 3.15. The molecule has 3 N–H and O–H groups in total. The molecule has 0 saturated carbocycles. The number of pyridine rings is 1. The fraction of sp³-hybridized carbons (Fsp3) is 0.538. The SMILES string of the molecule is CC(C)(C)C(=O)OCOP(=O)(O)C(O)(C[n+]1cccc(F)c1)P(=O)([O-])O. The Morgan fingerprint density at radius 3 is 2.38 bits per heavy atom. The Kier molecular flexibility index (Phi) is 6.87. The Morgan fingerprint density at radius 2 is 1.92 bits per heavy atom. The van der Waals surface area contributed by atoms with E-state index in [0.29, 0.717) is 0 Å². The second-order valence-corrected chi connectivity index (χ2v) is 10.6. The van der Waals surface area contributed by atoms with Crippen molar-refractivity contribution < 1.29 is 51.9 Å². The first kappa shape index (κ1) is 22.9. The molecular formula is C13H20FNO9P2. The van der Waals surface area contributed by atoms with E-state index in [1.807, 2.05) is 0 Å². The second kappa shape index (κ2) is 7.82. The molecule has 1 aromatic rings. The lowest BCUT2D eigenvalue weighted by atomic mass is 9.98. The molecular weight excluding hydrogens is 395 g/mol. The molecule has 0 spiro atoms. The summed E-state index contributed by atoms with van der Waals surface area (Å²) in [5.74, 6) is -1.66. The van der Waals surface area contributed by atoms with Gasteiger partial charge in [-0.15, -0.1) is 0 Å². The molecule has 148 valence electrons. The first-order valence-electron chi connectivity index (χ1n) is 7.16. The molecule has 0 aromatic carbocycles. The molecule has 1 heterocycles. The zero-order valence-corrected chi connectivity index (χ0v) is 16.0. The van der Waals surface area contributed by atoms with Crippen molar-refractivity contribution >= 4 is 21.2 Å². The van der Waals surface area contributed by atoms with Crippen molar-refractivity contribution in [2.45, 2.75) is 32.4 Å². The summed E-state index contributed by atoms with van der Waals surface area (Å²) in [5, 5.41) is 6.50. The number of nitrogens with zero attached hydrogens (tertiary/aromatic N) is 1. The van der Waals surface area contributed by atoms with Crippen LogP contribution in [0.4, 0.5) is 4.39 Å². The van der Waals surface area contributed by atoms with E-state index in [1.54, 1.807) is 0 Å². The topological polar surface area (TPSA) is 157 Å². The van der Waals surface area contributed by atoms with Crippen molar-refractivity contribution in [1.82, 2.24) is 0 Å². The highest BCUT2D eigenvalue weighted by molar-refractivity contribution is 7.71. The number of esters is 1. The van der Waals surface area contributed by atoms with Crippen LogP contribution in [0.25, 0.3) is 0 Å². The monoisotopic (exact) mass is 415 g/mol. The highest BCUT2D eigenvalue weighted by Gasteiger charge is 2.59. The highest BCUT2D eigenvalue weighted by Crippen LogP contribution is 2.68. The van der Waals surface area contributed by atoms with Crippen LogP contribution in [0.1, 0.15) is 20.8 Å². The number of carbonyl (C=O) groups excluding carboxylic acids is 1. The average Bonchev–Trinajstić information content (AvgIpc) is 2.44. The summed E-state index contributed by atoms with van der Waals surface area (Å²) in [7, 11) is -11.4. The van der Waals surface area contributed by atoms with Gasteiger partial charge in [-0.05, 0) is 26.8 Å². The van der Waals surface area contributed by atoms with E-state index in [-0.39, 0.29) is 0 Å². The first-order valence-corrected chi connectivity index (χ1v) is 10.3. The molecule has 0 aliphatic rings. The molecule has 0 bridgehead atoms. The van der Waals surface area contributed by atoms with E-state index in [2.05, 4.69) is 9.26 Å². The van der Waals surface area contributed by atoms with Crippen molar-refractivity contribution in [3.05, 3.63) is 30.3 Å². The van der Waals surface area contributed by atoms with E-state index >= 15 is 0 Å². The fourth-order valence-corrected chi connectivity index (χ4v) is 4.18. The minimum absolute atomic E-state index is 0.722. The Balaban J connectivity index is 3.05. The van der Waals surface area contributed by atoms with Gasteiger partial charge in [-0.1, -0.05) is 0 Å². The summed E-state index contributed by atoms with van der Waals surface area (Å²) >= 11 is 0. The molecule has 0 aliphatic heterocycles. The predicted molar refractivity (Wildman–Crippen MR) is 82.7 cm³/mol. The molecule has 10 nitrogen and oxygen atoms in total. The Labute approximate surface area is 148 Å². The number of ether oxygens (including phenoxy) is 1. The average molecular weight is 415 g/mol. The molecule has 0 aliphatic carbocycles. The van der Waals surface area contributed by atoms with Crippen LogP contribution in [0.2, 0.25) is 0 Å². The van der Waals surface area contributed by atoms with Gasteiger partial charge in [0.1, 0.15) is 0 Å². The lowest BCUT2D eigenvalue weighted by molar-refractivity contribution is -0.705. The van der Waals surface area contributed by atoms with Gasteiger partial charge in [0.2, 0.25) is 13.0 Å². The van der Waals surface area contributed by atoms with Crippen LogP contribution in [-0.4, -0.2) is 32.7 Å². The molecule has 3 unspecified atom stereocenters. The van der Waals surface area contributed by atoms with Crippen molar-refractivity contribution in [2.75, 3.05) is 6.79 Å². The van der Waals surface area contributed by atoms with Crippen molar-refractivity contribution in [2.24, 2.45) is 5.41 Å². The Bertz CT molecular complexity index is 760. The van der Waals surface area contributed by atoms with E-state index in [0.717, 1.165) is 29.1 Å². The summed E-state index contributed by atoms with van der Waals surface area (Å²) in [6.45, 7) is 2.10. The minimum Gasteiger partial charge on any atom is -0.776 e. The van der Waals surface area contributed by atoms with E-state index < -0.39 is 50.8 Å². The molecule has 3 atom stereocenters. The van der Waals surface area contributed by atoms with Gasteiger partial charge in [0.25, 0.3) is 5.08 Å². The number of carbonyl (C=O) groups is 1. The van der Waals surface area contributed by atoms with Crippen molar-refractivity contribution in [3.8, 4) is 0 Å². The molecule has 13 heteroatoms. The zero-order chi connectivity index (χ0) is 20.4. The molecule has 1 aromatic heterocycles. The lowest BCUT2D eigenvalue weighted by Gasteiger charge is -2.35. The number of aliphatic hydroxyl groups is 1. The quantitative estimate of drug-likeness (QED) is 0.242. The molecule has 0 radical (unpaired) electrons. The standard InChI is InChI=1S/C13H20FNO9P2/c1-12(2,3)11(16)23-9-24-26(21,22)13(17,25(18,19)20)8-15-6-4-5-10(14)7-15/h4-7,17H,8-9H2,1-3H3,(H2-,18,19,20,21,22). The lowest BCUT2D eigenvalue weighted by Crippen LogP contribution is -2.49. The zero-order valence-electron chi connectivity index (χ0n) is 14.2. The number of rotatable bonds is 7. The van der Waals surface area contributed by atoms with Gasteiger partial charge in [-0.3, -0.25) is 13.9 Å². The molecule has 0 fully saturated rings. The third-order valence-corrected chi connectivity index (χ3v) is 7.22. The maximum Gasteiger partial charge on any atom is 0.377 e. The molecule has 1 rings (SSSR count). The van der Waals surface area contributed by atoms with Gasteiger partial charge in [-0.2, -0.15) is 4.57 Å². The maximum atomic E-state index is 13.2. The largest absolute Gasteiger partial charge is 0.776 e. The third kappa shape index (κ3) is 5.40. The van der Waals surface area contributed by atoms with Gasteiger partial charge in [-0.25, -0.2) is 4.39 Å². The van der Waals surface area contributed by atoms with Crippen molar-refractivity contribution in [1.29, 1.82) is 0 Å². The smallest absolute Gasteiger partial charge is 0.377 e. The van der Waals surface area contributed by atoms with Gasteiger partial charge < -0.3 is 29.1 Å². The summed E-state index contributed by atoms with van der Waals surface area (Å²) in [6, 6.07) is 2.14. The normalized spacial score (nSPS) is 19.1. The Hall–Kier alpha value is -1.19. The number of hydrogen-bond donors (Lipinski definition) is 3. The second-order valence-electron chi connectivity index (χ2n) is 6.44. The van der Waals surface area contributed by atoms with Crippen molar-refractivity contribution in [3.63, 3.8) is 0 Å². The van der Waals surface area contributed by atoms with Crippen LogP contribution in [0, 0.1) is 11.2 Å². The van der Waals surface area contributed by atoms with Crippen LogP contribution < -0.4 is 9.46 Å². The van der Waals surface area contributed by atoms with Gasteiger partial charge in [0.05, 0.1) is 5.41 Å². The Morgan fingerprint density at radius 1 is 1.35 bits per heavy atom. The van der Waals surface area contributed by atoms with Gasteiger partial charge >= 0.3 is 13.6 Å². The first-order chi connectivity index (χ1) is 11.6. The van der Waals surface area contributed by atoms with Gasteiger partial charge in [0.15, 0.2) is 26.2 Å². The van der Waals surface area contributed by atoms with Crippen LogP contribution in [0.3, 0.4) is 0 Å². The molecule has 0 amide bonds. The minimum atomic E-state index is -5.90. The summed E-state index contributed by atoms with van der Waals surface area (Å²) in [4.78, 5) is 42.3. The summed E-state index contributed by atoms with van der Waals surface area (Å²) in [6.07, 6.45) is 1.81. The fourth-order valence-electron chi connectivity index (χ4n) is 1.64. The summed E-state index contributed by atoms with van der Waals surface area (Å²) in [5.41, 5.74) is -0.971. The number of aromatic nitrogens is 1. The maximum absolute atomic E-state index is 13.2. The summed E-state index contributed by atoms with van der Waals surface area (Å²) < 4.78 is 46.7. The van der Waals surface area contributed by atoms with Crippen LogP contribution >= 0.6 is 15.2 Å². The molecule has 26 heavy (non-hydrogen) atoms.